The molecule has 0 aliphatic carbocycles. The Morgan fingerprint density at radius 3 is 2.57 bits per heavy atom. The summed E-state index contributed by atoms with van der Waals surface area (Å²) in [5, 5.41) is 10.2. The molecule has 7 nitrogen and oxygen atoms in total. The third-order valence-corrected chi connectivity index (χ3v) is 4.78. The van der Waals surface area contributed by atoms with E-state index >= 15 is 0 Å². The van der Waals surface area contributed by atoms with E-state index in [0.29, 0.717) is 11.4 Å². The zero-order valence-electron chi connectivity index (χ0n) is 16.0. The molecule has 0 spiro atoms. The molecule has 2 aromatic heterocycles. The first-order valence-corrected chi connectivity index (χ1v) is 9.42. The van der Waals surface area contributed by atoms with Gasteiger partial charge in [-0.15, -0.1) is 0 Å². The van der Waals surface area contributed by atoms with Crippen LogP contribution in [0.15, 0.2) is 42.9 Å². The van der Waals surface area contributed by atoms with E-state index in [2.05, 4.69) is 43.0 Å². The molecule has 4 rings (SSSR count). The normalized spacial score (nSPS) is 14.4. The topological polar surface area (TPSA) is 78.2 Å². The highest BCUT2D eigenvalue weighted by atomic mass is 16.5. The summed E-state index contributed by atoms with van der Waals surface area (Å²) >= 11 is 0. The Bertz CT molecular complexity index is 1020. The van der Waals surface area contributed by atoms with Gasteiger partial charge >= 0.3 is 0 Å². The van der Waals surface area contributed by atoms with E-state index in [1.54, 1.807) is 12.3 Å². The van der Waals surface area contributed by atoms with Gasteiger partial charge in [0.1, 0.15) is 18.2 Å². The van der Waals surface area contributed by atoms with E-state index in [1.807, 2.05) is 26.0 Å². The highest BCUT2D eigenvalue weighted by molar-refractivity contribution is 5.86. The molecule has 1 aromatic carbocycles. The second-order valence-electron chi connectivity index (χ2n) is 7.01. The highest BCUT2D eigenvalue weighted by Crippen LogP contribution is 2.28. The number of aromatic nitrogens is 3. The Morgan fingerprint density at radius 2 is 1.82 bits per heavy atom. The van der Waals surface area contributed by atoms with Crippen molar-refractivity contribution in [2.24, 2.45) is 0 Å². The quantitative estimate of drug-likeness (QED) is 0.694. The molecule has 7 heteroatoms. The van der Waals surface area contributed by atoms with E-state index in [1.165, 1.54) is 6.33 Å². The maximum atomic E-state index is 9.32. The predicted octanol–water partition coefficient (Wildman–Crippen LogP) is 3.01. The van der Waals surface area contributed by atoms with Crippen LogP contribution in [0, 0.1) is 11.3 Å². The van der Waals surface area contributed by atoms with Gasteiger partial charge in [0.05, 0.1) is 22.6 Å². The predicted molar refractivity (Wildman–Crippen MR) is 109 cm³/mol. The number of benzene rings is 1. The Kier molecular flexibility index (Phi) is 4.94. The van der Waals surface area contributed by atoms with E-state index in [-0.39, 0.29) is 6.10 Å². The molecule has 1 aliphatic heterocycles. The van der Waals surface area contributed by atoms with Crippen molar-refractivity contribution in [2.45, 2.75) is 20.0 Å². The largest absolute Gasteiger partial charge is 0.474 e. The van der Waals surface area contributed by atoms with Crippen LogP contribution in [0.4, 0.5) is 11.5 Å². The van der Waals surface area contributed by atoms with Gasteiger partial charge in [0.15, 0.2) is 0 Å². The molecule has 0 bridgehead atoms. The summed E-state index contributed by atoms with van der Waals surface area (Å²) in [7, 11) is 0. The lowest BCUT2D eigenvalue weighted by molar-refractivity contribution is 0.235. The number of hydrogen-bond donors (Lipinski definition) is 0. The number of fused-ring (bicyclic) bond motifs is 1. The van der Waals surface area contributed by atoms with Gasteiger partial charge in [-0.2, -0.15) is 5.26 Å². The van der Waals surface area contributed by atoms with Crippen LogP contribution in [-0.4, -0.2) is 47.2 Å². The first-order chi connectivity index (χ1) is 13.7. The number of piperazine rings is 1. The molecule has 142 valence electrons. The molecule has 0 N–H and O–H groups in total. The Hall–Kier alpha value is -3.40. The van der Waals surface area contributed by atoms with Crippen molar-refractivity contribution in [3.05, 3.63) is 48.4 Å². The van der Waals surface area contributed by atoms with Gasteiger partial charge in [0.25, 0.3) is 0 Å². The lowest BCUT2D eigenvalue weighted by atomic mass is 10.1. The molecule has 0 unspecified atom stereocenters. The molecular formula is C21H22N6O. The minimum absolute atomic E-state index is 0.0537. The average molecular weight is 374 g/mol. The molecule has 0 atom stereocenters. The number of hydrogen-bond acceptors (Lipinski definition) is 7. The summed E-state index contributed by atoms with van der Waals surface area (Å²) < 4.78 is 5.85. The first-order valence-electron chi connectivity index (χ1n) is 9.42. The van der Waals surface area contributed by atoms with Gasteiger partial charge < -0.3 is 14.5 Å². The molecule has 3 aromatic rings. The van der Waals surface area contributed by atoms with E-state index in [0.717, 1.165) is 48.6 Å². The lowest BCUT2D eigenvalue weighted by Crippen LogP contribution is -2.47. The fourth-order valence-corrected chi connectivity index (χ4v) is 3.45. The van der Waals surface area contributed by atoms with Crippen LogP contribution in [0.5, 0.6) is 5.88 Å². The maximum Gasteiger partial charge on any atom is 0.224 e. The molecule has 3 heterocycles. The van der Waals surface area contributed by atoms with Crippen molar-refractivity contribution < 1.29 is 4.74 Å². The molecular weight excluding hydrogens is 352 g/mol. The minimum atomic E-state index is 0.0537. The number of nitriles is 1. The number of nitrogens with zero attached hydrogens (tertiary/aromatic N) is 6. The number of anilines is 2. The molecule has 0 radical (unpaired) electrons. The minimum Gasteiger partial charge on any atom is -0.474 e. The van der Waals surface area contributed by atoms with Gasteiger partial charge in [-0.05, 0) is 44.2 Å². The monoisotopic (exact) mass is 374 g/mol. The van der Waals surface area contributed by atoms with Crippen LogP contribution in [-0.2, 0) is 0 Å². The molecule has 28 heavy (non-hydrogen) atoms. The standard InChI is InChI=1S/C21H22N6O/c1-15(2)28-21-18-12-17(5-6-19(18)24-14-25-21)26-8-10-27(11-9-26)20-16(13-22)4-3-7-23-20/h3-7,12,14-15H,8-11H2,1-2H3. The Morgan fingerprint density at radius 1 is 1.04 bits per heavy atom. The maximum absolute atomic E-state index is 9.32. The van der Waals surface area contributed by atoms with Gasteiger partial charge in [-0.3, -0.25) is 0 Å². The zero-order chi connectivity index (χ0) is 19.5. The average Bonchev–Trinajstić information content (AvgIpc) is 2.73. The van der Waals surface area contributed by atoms with Gasteiger partial charge in [0, 0.05) is 38.1 Å². The van der Waals surface area contributed by atoms with Crippen LogP contribution in [0.1, 0.15) is 19.4 Å². The van der Waals surface area contributed by atoms with Gasteiger partial charge in [-0.25, -0.2) is 15.0 Å². The van der Waals surface area contributed by atoms with E-state index in [9.17, 15) is 5.26 Å². The van der Waals surface area contributed by atoms with Crippen LogP contribution in [0.2, 0.25) is 0 Å². The number of ether oxygens (including phenoxy) is 1. The SMILES string of the molecule is CC(C)Oc1ncnc2ccc(N3CCN(c4ncccc4C#N)CC3)cc12. The third-order valence-electron chi connectivity index (χ3n) is 4.78. The van der Waals surface area contributed by atoms with Crippen molar-refractivity contribution in [2.75, 3.05) is 36.0 Å². The molecule has 1 fully saturated rings. The van der Waals surface area contributed by atoms with Crippen LogP contribution < -0.4 is 14.5 Å². The zero-order valence-corrected chi connectivity index (χ0v) is 16.0. The van der Waals surface area contributed by atoms with E-state index in [4.69, 9.17) is 4.74 Å². The third kappa shape index (κ3) is 3.54. The summed E-state index contributed by atoms with van der Waals surface area (Å²) in [5.74, 6) is 1.39. The summed E-state index contributed by atoms with van der Waals surface area (Å²) in [6.07, 6.45) is 3.33. The number of rotatable bonds is 4. The fourth-order valence-electron chi connectivity index (χ4n) is 3.45. The van der Waals surface area contributed by atoms with Crippen molar-refractivity contribution in [1.82, 2.24) is 15.0 Å². The Balaban J connectivity index is 1.55. The lowest BCUT2D eigenvalue weighted by Gasteiger charge is -2.37. The van der Waals surface area contributed by atoms with Crippen molar-refractivity contribution in [3.63, 3.8) is 0 Å². The molecule has 0 saturated carbocycles. The highest BCUT2D eigenvalue weighted by Gasteiger charge is 2.21. The van der Waals surface area contributed by atoms with Crippen LogP contribution in [0.3, 0.4) is 0 Å². The molecule has 1 aliphatic rings. The Labute approximate surface area is 164 Å². The van der Waals surface area contributed by atoms with Crippen LogP contribution >= 0.6 is 0 Å². The van der Waals surface area contributed by atoms with E-state index < -0.39 is 0 Å². The van der Waals surface area contributed by atoms with Crippen molar-refractivity contribution in [3.8, 4) is 11.9 Å². The second kappa shape index (κ2) is 7.69. The summed E-state index contributed by atoms with van der Waals surface area (Å²) in [6.45, 7) is 7.30. The second-order valence-corrected chi connectivity index (χ2v) is 7.01. The van der Waals surface area contributed by atoms with Crippen LogP contribution in [0.25, 0.3) is 10.9 Å². The summed E-state index contributed by atoms with van der Waals surface area (Å²) in [4.78, 5) is 17.6. The summed E-state index contributed by atoms with van der Waals surface area (Å²) in [6, 6.07) is 12.0. The number of pyridine rings is 1. The summed E-state index contributed by atoms with van der Waals surface area (Å²) in [5.41, 5.74) is 2.62. The first kappa shape index (κ1) is 18.0. The van der Waals surface area contributed by atoms with Gasteiger partial charge in [-0.1, -0.05) is 0 Å². The molecule has 0 amide bonds. The van der Waals surface area contributed by atoms with Crippen molar-refractivity contribution >= 4 is 22.4 Å². The smallest absolute Gasteiger partial charge is 0.224 e. The van der Waals surface area contributed by atoms with Crippen molar-refractivity contribution in [1.29, 1.82) is 5.26 Å². The van der Waals surface area contributed by atoms with Gasteiger partial charge in [0.2, 0.25) is 5.88 Å². The fraction of sp³-hybridized carbons (Fsp3) is 0.333. The molecule has 1 saturated heterocycles.